The Bertz CT molecular complexity index is 1150. The zero-order valence-corrected chi connectivity index (χ0v) is 16.6. The highest BCUT2D eigenvalue weighted by atomic mass is 35.5. The average Bonchev–Trinajstić information content (AvgIpc) is 3.10. The van der Waals surface area contributed by atoms with Crippen molar-refractivity contribution in [3.05, 3.63) is 70.0 Å². The van der Waals surface area contributed by atoms with E-state index in [0.717, 1.165) is 6.07 Å². The Balaban J connectivity index is 1.50. The van der Waals surface area contributed by atoms with Gasteiger partial charge < -0.3 is 10.2 Å². The maximum Gasteiger partial charge on any atom is 0.353 e. The van der Waals surface area contributed by atoms with Crippen LogP contribution >= 0.6 is 11.6 Å². The molecule has 0 aliphatic carbocycles. The van der Waals surface area contributed by atoms with Crippen molar-refractivity contribution in [3.8, 4) is 0 Å². The Kier molecular flexibility index (Phi) is 4.74. The minimum absolute atomic E-state index is 0.0658. The van der Waals surface area contributed by atoms with E-state index in [4.69, 9.17) is 16.4 Å². The number of amides is 5. The van der Waals surface area contributed by atoms with Gasteiger partial charge in [0.25, 0.3) is 17.7 Å². The first-order chi connectivity index (χ1) is 14.6. The van der Waals surface area contributed by atoms with E-state index >= 15 is 0 Å². The first-order valence-corrected chi connectivity index (χ1v) is 9.29. The third-order valence-corrected chi connectivity index (χ3v) is 5.30. The lowest BCUT2D eigenvalue weighted by atomic mass is 9.92. The van der Waals surface area contributed by atoms with Gasteiger partial charge in [0.2, 0.25) is 0 Å². The van der Waals surface area contributed by atoms with E-state index in [0.29, 0.717) is 4.90 Å². The number of urea groups is 1. The SMILES string of the molecule is CC1(c2ccc(F)c(Cl)c2)NC(=O)N(CC(=O)ON2C(=O)c3ccccc3C2=O)C1=O. The summed E-state index contributed by atoms with van der Waals surface area (Å²) in [6, 6.07) is 8.50. The number of hydroxylamine groups is 2. The Hall–Kier alpha value is -3.79. The molecule has 158 valence electrons. The van der Waals surface area contributed by atoms with Crippen molar-refractivity contribution in [1.29, 1.82) is 0 Å². The molecule has 1 fully saturated rings. The smallest absolute Gasteiger partial charge is 0.328 e. The first kappa shape index (κ1) is 20.5. The fourth-order valence-corrected chi connectivity index (χ4v) is 3.53. The number of carbonyl (C=O) groups is 5. The van der Waals surface area contributed by atoms with Crippen molar-refractivity contribution in [1.82, 2.24) is 15.3 Å². The fraction of sp³-hybridized carbons (Fsp3) is 0.150. The van der Waals surface area contributed by atoms with Crippen LogP contribution in [0.2, 0.25) is 5.02 Å². The second-order valence-corrected chi connectivity index (χ2v) is 7.40. The van der Waals surface area contributed by atoms with E-state index in [2.05, 4.69) is 5.32 Å². The molecule has 2 heterocycles. The molecule has 0 aromatic heterocycles. The van der Waals surface area contributed by atoms with Gasteiger partial charge in [0.05, 0.1) is 16.1 Å². The summed E-state index contributed by atoms with van der Waals surface area (Å²) in [5, 5.41) is 2.46. The van der Waals surface area contributed by atoms with E-state index in [1.54, 1.807) is 12.1 Å². The molecule has 0 spiro atoms. The van der Waals surface area contributed by atoms with Gasteiger partial charge in [-0.15, -0.1) is 0 Å². The van der Waals surface area contributed by atoms with E-state index in [1.807, 2.05) is 0 Å². The topological polar surface area (TPSA) is 113 Å². The summed E-state index contributed by atoms with van der Waals surface area (Å²) in [5.74, 6) is -4.38. The maximum absolute atomic E-state index is 13.5. The summed E-state index contributed by atoms with van der Waals surface area (Å²) in [6.07, 6.45) is 0. The molecular formula is C20H13ClFN3O6. The van der Waals surface area contributed by atoms with Gasteiger partial charge in [-0.05, 0) is 36.8 Å². The van der Waals surface area contributed by atoms with Crippen molar-refractivity contribution < 1.29 is 33.2 Å². The molecule has 1 atom stereocenters. The second kappa shape index (κ2) is 7.17. The molecule has 0 saturated carbocycles. The number of benzene rings is 2. The largest absolute Gasteiger partial charge is 0.353 e. The van der Waals surface area contributed by atoms with Crippen molar-refractivity contribution in [2.45, 2.75) is 12.5 Å². The molecule has 2 aromatic carbocycles. The summed E-state index contributed by atoms with van der Waals surface area (Å²) in [5.41, 5.74) is -1.27. The normalized spacial score (nSPS) is 20.2. The van der Waals surface area contributed by atoms with Gasteiger partial charge in [-0.2, -0.15) is 0 Å². The summed E-state index contributed by atoms with van der Waals surface area (Å²) in [4.78, 5) is 67.5. The van der Waals surface area contributed by atoms with Gasteiger partial charge in [-0.1, -0.05) is 34.9 Å². The first-order valence-electron chi connectivity index (χ1n) is 8.91. The molecule has 2 aromatic rings. The zero-order valence-electron chi connectivity index (χ0n) is 15.8. The number of rotatable bonds is 4. The van der Waals surface area contributed by atoms with Gasteiger partial charge in [0, 0.05) is 0 Å². The standard InChI is InChI=1S/C20H13ClFN3O6/c1-20(10-6-7-14(22)13(21)8-10)18(29)24(19(30)23-20)9-15(26)31-25-16(27)11-4-2-3-5-12(11)17(25)28/h2-8H,9H2,1H3,(H,23,30). The monoisotopic (exact) mass is 445 g/mol. The van der Waals surface area contributed by atoms with Crippen LogP contribution in [-0.2, 0) is 20.0 Å². The van der Waals surface area contributed by atoms with Crippen molar-refractivity contribution in [2.24, 2.45) is 0 Å². The molecule has 5 amide bonds. The lowest BCUT2D eigenvalue weighted by molar-refractivity contribution is -0.170. The number of imide groups is 2. The number of hydrogen-bond acceptors (Lipinski definition) is 6. The number of nitrogens with one attached hydrogen (secondary N) is 1. The molecular weight excluding hydrogens is 433 g/mol. The predicted molar refractivity (Wildman–Crippen MR) is 102 cm³/mol. The molecule has 1 unspecified atom stereocenters. The minimum atomic E-state index is -1.61. The summed E-state index contributed by atoms with van der Waals surface area (Å²) < 4.78 is 13.5. The maximum atomic E-state index is 13.5. The molecule has 2 aliphatic rings. The fourth-order valence-electron chi connectivity index (χ4n) is 3.35. The number of nitrogens with zero attached hydrogens (tertiary/aromatic N) is 2. The van der Waals surface area contributed by atoms with Crippen LogP contribution in [0.5, 0.6) is 0 Å². The van der Waals surface area contributed by atoms with Crippen molar-refractivity contribution >= 4 is 41.3 Å². The minimum Gasteiger partial charge on any atom is -0.328 e. The van der Waals surface area contributed by atoms with Crippen LogP contribution < -0.4 is 5.32 Å². The Labute approximate surface area is 179 Å². The molecule has 1 N–H and O–H groups in total. The van der Waals surface area contributed by atoms with Gasteiger partial charge in [0.15, 0.2) is 0 Å². The van der Waals surface area contributed by atoms with E-state index in [9.17, 15) is 28.4 Å². The molecule has 31 heavy (non-hydrogen) atoms. The van der Waals surface area contributed by atoms with Crippen LogP contribution in [0, 0.1) is 5.82 Å². The van der Waals surface area contributed by atoms with E-state index in [1.165, 1.54) is 31.2 Å². The highest BCUT2D eigenvalue weighted by molar-refractivity contribution is 6.30. The van der Waals surface area contributed by atoms with Crippen LogP contribution in [0.15, 0.2) is 42.5 Å². The molecule has 0 radical (unpaired) electrons. The van der Waals surface area contributed by atoms with Crippen LogP contribution in [0.25, 0.3) is 0 Å². The third kappa shape index (κ3) is 3.21. The number of hydrogen-bond donors (Lipinski definition) is 1. The Morgan fingerprint density at radius 1 is 1.10 bits per heavy atom. The van der Waals surface area contributed by atoms with Gasteiger partial charge in [0.1, 0.15) is 17.9 Å². The van der Waals surface area contributed by atoms with E-state index in [-0.39, 0.29) is 26.8 Å². The van der Waals surface area contributed by atoms with Crippen molar-refractivity contribution in [2.75, 3.05) is 6.54 Å². The number of carbonyl (C=O) groups excluding carboxylic acids is 5. The van der Waals surface area contributed by atoms with Crippen LogP contribution in [0.3, 0.4) is 0 Å². The van der Waals surface area contributed by atoms with Crippen LogP contribution in [0.1, 0.15) is 33.2 Å². The van der Waals surface area contributed by atoms with Gasteiger partial charge in [-0.25, -0.2) is 14.0 Å². The average molecular weight is 446 g/mol. The van der Waals surface area contributed by atoms with Gasteiger partial charge >= 0.3 is 12.0 Å². The summed E-state index contributed by atoms with van der Waals surface area (Å²) in [6.45, 7) is 0.509. The quantitative estimate of drug-likeness (QED) is 0.569. The summed E-state index contributed by atoms with van der Waals surface area (Å²) in [7, 11) is 0. The second-order valence-electron chi connectivity index (χ2n) is 6.99. The number of halogens is 2. The summed E-state index contributed by atoms with van der Waals surface area (Å²) >= 11 is 5.76. The lowest BCUT2D eigenvalue weighted by Gasteiger charge is -2.22. The predicted octanol–water partition coefficient (Wildman–Crippen LogP) is 2.00. The molecule has 9 nitrogen and oxygen atoms in total. The Morgan fingerprint density at radius 2 is 1.71 bits per heavy atom. The molecule has 0 bridgehead atoms. The molecule has 1 saturated heterocycles. The van der Waals surface area contributed by atoms with Crippen LogP contribution in [0.4, 0.5) is 9.18 Å². The third-order valence-electron chi connectivity index (χ3n) is 5.01. The zero-order chi connectivity index (χ0) is 22.5. The van der Waals surface area contributed by atoms with Crippen molar-refractivity contribution in [3.63, 3.8) is 0 Å². The highest BCUT2D eigenvalue weighted by Crippen LogP contribution is 2.31. The van der Waals surface area contributed by atoms with E-state index < -0.39 is 47.6 Å². The van der Waals surface area contributed by atoms with Gasteiger partial charge in [-0.3, -0.25) is 19.3 Å². The lowest BCUT2D eigenvalue weighted by Crippen LogP contribution is -2.43. The Morgan fingerprint density at radius 3 is 2.29 bits per heavy atom. The highest BCUT2D eigenvalue weighted by Gasteiger charge is 2.50. The number of fused-ring (bicyclic) bond motifs is 1. The van der Waals surface area contributed by atoms with Crippen LogP contribution in [-0.4, -0.2) is 46.2 Å². The molecule has 2 aliphatic heterocycles. The molecule has 11 heteroatoms. The molecule has 4 rings (SSSR count).